The van der Waals surface area contributed by atoms with Crippen LogP contribution in [0.1, 0.15) is 11.3 Å². The van der Waals surface area contributed by atoms with E-state index in [1.54, 1.807) is 11.3 Å². The average Bonchev–Trinajstić information content (AvgIpc) is 2.64. The van der Waals surface area contributed by atoms with Gasteiger partial charge in [0.05, 0.1) is 5.69 Å². The van der Waals surface area contributed by atoms with Gasteiger partial charge in [0.2, 0.25) is 0 Å². The van der Waals surface area contributed by atoms with Crippen molar-refractivity contribution in [2.75, 3.05) is 0 Å². The molecule has 2 aromatic heterocycles. The average molecular weight is 262 g/mol. The van der Waals surface area contributed by atoms with Crippen LogP contribution < -0.4 is 0 Å². The van der Waals surface area contributed by atoms with Crippen LogP contribution in [0, 0.1) is 3.95 Å². The van der Waals surface area contributed by atoms with Gasteiger partial charge in [-0.1, -0.05) is 6.08 Å². The van der Waals surface area contributed by atoms with Crippen LogP contribution in [0.2, 0.25) is 0 Å². The van der Waals surface area contributed by atoms with E-state index < -0.39 is 0 Å². The fourth-order valence-electron chi connectivity index (χ4n) is 1.77. The second kappa shape index (κ2) is 5.38. The van der Waals surface area contributed by atoms with Crippen molar-refractivity contribution in [3.8, 4) is 11.3 Å². The Labute approximate surface area is 110 Å². The first-order valence-electron chi connectivity index (χ1n) is 5.44. The Kier molecular flexibility index (Phi) is 3.86. The molecule has 0 aliphatic heterocycles. The normalized spacial score (nSPS) is 10.4. The van der Waals surface area contributed by atoms with Crippen LogP contribution in [-0.2, 0) is 13.5 Å². The molecule has 0 saturated heterocycles. The zero-order chi connectivity index (χ0) is 12.3. The third kappa shape index (κ3) is 2.53. The SMILES string of the molecule is C=CCCc1sc(=S)n(C)c1-c1ccncc1. The van der Waals surface area contributed by atoms with Crippen molar-refractivity contribution in [2.24, 2.45) is 7.05 Å². The third-order valence-electron chi connectivity index (χ3n) is 2.61. The number of rotatable bonds is 4. The predicted octanol–water partition coefficient (Wildman–Crippen LogP) is 4.00. The Bertz CT molecular complexity index is 567. The van der Waals surface area contributed by atoms with E-state index in [-0.39, 0.29) is 0 Å². The van der Waals surface area contributed by atoms with Gasteiger partial charge in [-0.05, 0) is 37.2 Å². The largest absolute Gasteiger partial charge is 0.326 e. The molecular formula is C13H14N2S2. The fourth-order valence-corrected chi connectivity index (χ4v) is 3.17. The summed E-state index contributed by atoms with van der Waals surface area (Å²) in [6, 6.07) is 4.04. The molecule has 4 heteroatoms. The van der Waals surface area contributed by atoms with Crippen LogP contribution in [0.15, 0.2) is 37.2 Å². The Morgan fingerprint density at radius 1 is 1.47 bits per heavy atom. The van der Waals surface area contributed by atoms with Gasteiger partial charge in [-0.25, -0.2) is 0 Å². The molecule has 0 aliphatic rings. The quantitative estimate of drug-likeness (QED) is 0.612. The molecule has 17 heavy (non-hydrogen) atoms. The van der Waals surface area contributed by atoms with E-state index in [9.17, 15) is 0 Å². The molecule has 0 fully saturated rings. The van der Waals surface area contributed by atoms with Crippen LogP contribution in [0.5, 0.6) is 0 Å². The Morgan fingerprint density at radius 2 is 2.18 bits per heavy atom. The van der Waals surface area contributed by atoms with Crippen LogP contribution in [0.25, 0.3) is 11.3 Å². The molecule has 0 N–H and O–H groups in total. The van der Waals surface area contributed by atoms with Crippen molar-refractivity contribution in [1.82, 2.24) is 9.55 Å². The number of allylic oxidation sites excluding steroid dienone is 1. The van der Waals surface area contributed by atoms with Crippen molar-refractivity contribution in [3.05, 3.63) is 46.0 Å². The number of hydrogen-bond donors (Lipinski definition) is 0. The van der Waals surface area contributed by atoms with E-state index in [2.05, 4.69) is 16.1 Å². The zero-order valence-corrected chi connectivity index (χ0v) is 11.4. The molecule has 0 aliphatic carbocycles. The zero-order valence-electron chi connectivity index (χ0n) is 9.72. The summed E-state index contributed by atoms with van der Waals surface area (Å²) in [5.41, 5.74) is 2.39. The molecule has 0 spiro atoms. The van der Waals surface area contributed by atoms with Gasteiger partial charge < -0.3 is 4.57 Å². The summed E-state index contributed by atoms with van der Waals surface area (Å²) in [6.45, 7) is 3.77. The first-order chi connectivity index (χ1) is 8.24. The summed E-state index contributed by atoms with van der Waals surface area (Å²) in [5.74, 6) is 0. The van der Waals surface area contributed by atoms with Crippen LogP contribution in [0.3, 0.4) is 0 Å². The number of hydrogen-bond acceptors (Lipinski definition) is 3. The molecule has 0 amide bonds. The molecular weight excluding hydrogens is 248 g/mol. The maximum Gasteiger partial charge on any atom is 0.161 e. The summed E-state index contributed by atoms with van der Waals surface area (Å²) in [7, 11) is 2.02. The highest BCUT2D eigenvalue weighted by Crippen LogP contribution is 2.29. The Balaban J connectivity index is 2.51. The smallest absolute Gasteiger partial charge is 0.161 e. The fraction of sp³-hybridized carbons (Fsp3) is 0.231. The van der Waals surface area contributed by atoms with Gasteiger partial charge in [-0.3, -0.25) is 4.98 Å². The Hall–Kier alpha value is -1.26. The number of nitrogens with zero attached hydrogens (tertiary/aromatic N) is 2. The second-order valence-corrected chi connectivity index (χ2v) is 5.49. The van der Waals surface area contributed by atoms with E-state index in [4.69, 9.17) is 12.2 Å². The molecule has 0 atom stereocenters. The van der Waals surface area contributed by atoms with E-state index in [0.29, 0.717) is 0 Å². The third-order valence-corrected chi connectivity index (χ3v) is 4.23. The summed E-state index contributed by atoms with van der Waals surface area (Å²) in [6.07, 6.45) is 7.55. The standard InChI is InChI=1S/C13H14N2S2/c1-3-4-5-11-12(15(2)13(16)17-11)10-6-8-14-9-7-10/h3,6-9H,1,4-5H2,2H3. The highest BCUT2D eigenvalue weighted by molar-refractivity contribution is 7.73. The Morgan fingerprint density at radius 3 is 2.82 bits per heavy atom. The van der Waals surface area contributed by atoms with Gasteiger partial charge >= 0.3 is 0 Å². The maximum absolute atomic E-state index is 5.35. The molecule has 0 bridgehead atoms. The first-order valence-corrected chi connectivity index (χ1v) is 6.66. The van der Waals surface area contributed by atoms with Crippen molar-refractivity contribution in [1.29, 1.82) is 0 Å². The monoisotopic (exact) mass is 262 g/mol. The van der Waals surface area contributed by atoms with Gasteiger partial charge in [-0.2, -0.15) is 0 Å². The molecule has 88 valence electrons. The van der Waals surface area contributed by atoms with Crippen molar-refractivity contribution in [2.45, 2.75) is 12.8 Å². The number of aryl methyl sites for hydroxylation is 1. The summed E-state index contributed by atoms with van der Waals surface area (Å²) < 4.78 is 2.99. The van der Waals surface area contributed by atoms with E-state index >= 15 is 0 Å². The molecule has 0 unspecified atom stereocenters. The highest BCUT2D eigenvalue weighted by Gasteiger charge is 2.11. The molecule has 0 radical (unpaired) electrons. The minimum absolute atomic E-state index is 0.913. The van der Waals surface area contributed by atoms with Crippen molar-refractivity contribution < 1.29 is 0 Å². The molecule has 2 nitrogen and oxygen atoms in total. The van der Waals surface area contributed by atoms with Crippen LogP contribution in [-0.4, -0.2) is 9.55 Å². The van der Waals surface area contributed by atoms with Crippen molar-refractivity contribution in [3.63, 3.8) is 0 Å². The molecule has 2 heterocycles. The molecule has 2 aromatic rings. The summed E-state index contributed by atoms with van der Waals surface area (Å²) in [5, 5.41) is 0. The second-order valence-electron chi connectivity index (χ2n) is 3.76. The summed E-state index contributed by atoms with van der Waals surface area (Å²) >= 11 is 7.04. The van der Waals surface area contributed by atoms with E-state index in [0.717, 1.165) is 16.8 Å². The molecule has 2 rings (SSSR count). The highest BCUT2D eigenvalue weighted by atomic mass is 32.1. The number of thiazole rings is 1. The van der Waals surface area contributed by atoms with Crippen LogP contribution >= 0.6 is 23.6 Å². The van der Waals surface area contributed by atoms with Crippen molar-refractivity contribution >= 4 is 23.6 Å². The molecule has 0 saturated carbocycles. The van der Waals surface area contributed by atoms with Gasteiger partial charge in [0.15, 0.2) is 3.95 Å². The van der Waals surface area contributed by atoms with Gasteiger partial charge in [-0.15, -0.1) is 17.9 Å². The maximum atomic E-state index is 5.35. The minimum atomic E-state index is 0.913. The molecule has 0 aromatic carbocycles. The minimum Gasteiger partial charge on any atom is -0.326 e. The van der Waals surface area contributed by atoms with Gasteiger partial charge in [0.25, 0.3) is 0 Å². The lowest BCUT2D eigenvalue weighted by molar-refractivity contribution is 0.911. The van der Waals surface area contributed by atoms with Gasteiger partial charge in [0.1, 0.15) is 0 Å². The lowest BCUT2D eigenvalue weighted by Gasteiger charge is -2.05. The lowest BCUT2D eigenvalue weighted by atomic mass is 10.1. The van der Waals surface area contributed by atoms with Crippen LogP contribution in [0.4, 0.5) is 0 Å². The first kappa shape index (κ1) is 12.2. The topological polar surface area (TPSA) is 17.8 Å². The predicted molar refractivity (Wildman–Crippen MR) is 75.9 cm³/mol. The lowest BCUT2D eigenvalue weighted by Crippen LogP contribution is -1.94. The van der Waals surface area contributed by atoms with Gasteiger partial charge in [0, 0.05) is 29.9 Å². The van der Waals surface area contributed by atoms with E-state index in [1.165, 1.54) is 16.1 Å². The number of aromatic nitrogens is 2. The van der Waals surface area contributed by atoms with E-state index in [1.807, 2.05) is 37.7 Å². The summed E-state index contributed by atoms with van der Waals surface area (Å²) in [4.78, 5) is 5.37. The number of pyridine rings is 1.